The zero-order valence-electron chi connectivity index (χ0n) is 16.3. The van der Waals surface area contributed by atoms with E-state index in [2.05, 4.69) is 15.8 Å². The SMILES string of the molecule is CC(/C=C\c1ccccc1)=NNC(=O)c1ccc(NC(=O)c2ccc(Cl)cc2)cc1. The second kappa shape index (κ2) is 10.2. The number of carbonyl (C=O) groups is 2. The first kappa shape index (κ1) is 21.0. The molecule has 0 atom stereocenters. The van der Waals surface area contributed by atoms with Crippen molar-refractivity contribution in [2.75, 3.05) is 5.32 Å². The number of nitrogens with zero attached hydrogens (tertiary/aromatic N) is 1. The predicted octanol–water partition coefficient (Wildman–Crippen LogP) is 5.41. The van der Waals surface area contributed by atoms with E-state index < -0.39 is 0 Å². The highest BCUT2D eigenvalue weighted by Crippen LogP contribution is 2.14. The minimum absolute atomic E-state index is 0.255. The van der Waals surface area contributed by atoms with Crippen molar-refractivity contribution >= 4 is 40.9 Å². The fraction of sp³-hybridized carbons (Fsp3) is 0.0417. The average molecular weight is 418 g/mol. The van der Waals surface area contributed by atoms with Gasteiger partial charge in [0.1, 0.15) is 0 Å². The third kappa shape index (κ3) is 6.15. The molecule has 5 nitrogen and oxygen atoms in total. The van der Waals surface area contributed by atoms with Gasteiger partial charge in [-0.05, 0) is 67.1 Å². The third-order valence-electron chi connectivity index (χ3n) is 4.16. The lowest BCUT2D eigenvalue weighted by Crippen LogP contribution is -2.18. The minimum Gasteiger partial charge on any atom is -0.322 e. The van der Waals surface area contributed by atoms with Crippen LogP contribution in [0.25, 0.3) is 6.08 Å². The number of anilines is 1. The molecular weight excluding hydrogens is 398 g/mol. The number of rotatable bonds is 6. The van der Waals surface area contributed by atoms with Crippen molar-refractivity contribution in [3.63, 3.8) is 0 Å². The Labute approximate surface area is 180 Å². The summed E-state index contributed by atoms with van der Waals surface area (Å²) in [4.78, 5) is 24.5. The maximum Gasteiger partial charge on any atom is 0.271 e. The summed E-state index contributed by atoms with van der Waals surface area (Å²) < 4.78 is 0. The number of nitrogens with one attached hydrogen (secondary N) is 2. The van der Waals surface area contributed by atoms with Crippen LogP contribution in [0, 0.1) is 0 Å². The molecule has 0 bridgehead atoms. The van der Waals surface area contributed by atoms with Crippen LogP contribution < -0.4 is 10.7 Å². The summed E-state index contributed by atoms with van der Waals surface area (Å²) in [5, 5.41) is 7.42. The van der Waals surface area contributed by atoms with Crippen molar-refractivity contribution in [3.05, 3.63) is 107 Å². The topological polar surface area (TPSA) is 70.6 Å². The van der Waals surface area contributed by atoms with Gasteiger partial charge in [0, 0.05) is 21.8 Å². The molecule has 0 radical (unpaired) electrons. The molecule has 0 spiro atoms. The summed E-state index contributed by atoms with van der Waals surface area (Å²) in [6.45, 7) is 1.80. The Balaban J connectivity index is 1.56. The molecule has 2 N–H and O–H groups in total. The summed E-state index contributed by atoms with van der Waals surface area (Å²) in [5.74, 6) is -0.590. The van der Waals surface area contributed by atoms with Crippen molar-refractivity contribution < 1.29 is 9.59 Å². The normalized spacial score (nSPS) is 11.3. The van der Waals surface area contributed by atoms with Crippen molar-refractivity contribution in [1.82, 2.24) is 5.43 Å². The first-order valence-corrected chi connectivity index (χ1v) is 9.64. The largest absolute Gasteiger partial charge is 0.322 e. The number of amides is 2. The molecule has 0 aromatic heterocycles. The lowest BCUT2D eigenvalue weighted by Gasteiger charge is -2.06. The molecule has 0 heterocycles. The molecule has 3 rings (SSSR count). The van der Waals surface area contributed by atoms with E-state index in [1.54, 1.807) is 55.5 Å². The zero-order chi connectivity index (χ0) is 21.3. The second-order valence-electron chi connectivity index (χ2n) is 6.48. The van der Waals surface area contributed by atoms with E-state index in [1.165, 1.54) is 0 Å². The molecule has 3 aromatic rings. The van der Waals surface area contributed by atoms with E-state index in [1.807, 2.05) is 42.5 Å². The van der Waals surface area contributed by atoms with Gasteiger partial charge in [0.25, 0.3) is 11.8 Å². The minimum atomic E-state index is -0.335. The van der Waals surface area contributed by atoms with Crippen LogP contribution >= 0.6 is 11.6 Å². The van der Waals surface area contributed by atoms with Crippen LogP contribution in [0.4, 0.5) is 5.69 Å². The fourth-order valence-electron chi connectivity index (χ4n) is 2.53. The lowest BCUT2D eigenvalue weighted by atomic mass is 10.1. The molecule has 0 fully saturated rings. The van der Waals surface area contributed by atoms with Gasteiger partial charge in [-0.3, -0.25) is 9.59 Å². The highest BCUT2D eigenvalue weighted by atomic mass is 35.5. The Morgan fingerprint density at radius 1 is 0.833 bits per heavy atom. The molecule has 0 aliphatic heterocycles. The predicted molar refractivity (Wildman–Crippen MR) is 122 cm³/mol. The summed E-state index contributed by atoms with van der Waals surface area (Å²) >= 11 is 5.83. The highest BCUT2D eigenvalue weighted by Gasteiger charge is 2.08. The number of hydrogen-bond acceptors (Lipinski definition) is 3. The smallest absolute Gasteiger partial charge is 0.271 e. The Morgan fingerprint density at radius 2 is 1.43 bits per heavy atom. The maximum absolute atomic E-state index is 12.3. The molecule has 0 saturated heterocycles. The number of allylic oxidation sites excluding steroid dienone is 1. The van der Waals surface area contributed by atoms with Crippen molar-refractivity contribution in [1.29, 1.82) is 0 Å². The Kier molecular flexibility index (Phi) is 7.14. The van der Waals surface area contributed by atoms with E-state index in [9.17, 15) is 9.59 Å². The number of benzene rings is 3. The van der Waals surface area contributed by atoms with Crippen LogP contribution in [0.15, 0.2) is 90.0 Å². The average Bonchev–Trinajstić information content (AvgIpc) is 2.77. The van der Waals surface area contributed by atoms with Crippen LogP contribution in [-0.2, 0) is 0 Å². The van der Waals surface area contributed by atoms with Crippen molar-refractivity contribution in [2.24, 2.45) is 5.10 Å². The van der Waals surface area contributed by atoms with Crippen LogP contribution in [0.5, 0.6) is 0 Å². The highest BCUT2D eigenvalue weighted by molar-refractivity contribution is 6.30. The van der Waals surface area contributed by atoms with Crippen LogP contribution in [0.2, 0.25) is 5.02 Å². The number of hydrazone groups is 1. The summed E-state index contributed by atoms with van der Waals surface area (Å²) in [6.07, 6.45) is 3.74. The first-order chi connectivity index (χ1) is 14.5. The molecule has 0 saturated carbocycles. The van der Waals surface area contributed by atoms with E-state index in [-0.39, 0.29) is 11.8 Å². The van der Waals surface area contributed by atoms with Gasteiger partial charge in [-0.2, -0.15) is 5.10 Å². The summed E-state index contributed by atoms with van der Waals surface area (Å²) in [7, 11) is 0. The number of hydrogen-bond donors (Lipinski definition) is 2. The van der Waals surface area contributed by atoms with Gasteiger partial charge < -0.3 is 5.32 Å². The van der Waals surface area contributed by atoms with Gasteiger partial charge in [0.15, 0.2) is 0 Å². The molecule has 3 aromatic carbocycles. The molecule has 150 valence electrons. The van der Waals surface area contributed by atoms with Gasteiger partial charge in [-0.15, -0.1) is 0 Å². The maximum atomic E-state index is 12.3. The van der Waals surface area contributed by atoms with E-state index in [0.29, 0.717) is 27.5 Å². The third-order valence-corrected chi connectivity index (χ3v) is 4.41. The Bertz CT molecular complexity index is 1070. The zero-order valence-corrected chi connectivity index (χ0v) is 17.1. The van der Waals surface area contributed by atoms with Gasteiger partial charge in [0.2, 0.25) is 0 Å². The standard InChI is InChI=1S/C24H20ClN3O2/c1-17(7-8-18-5-3-2-4-6-18)27-28-24(30)20-11-15-22(16-12-20)26-23(29)19-9-13-21(25)14-10-19/h2-16H,1H3,(H,26,29)(H,28,30)/b8-7-,27-17?. The molecular formula is C24H20ClN3O2. The number of halogens is 1. The quantitative estimate of drug-likeness (QED) is 0.415. The van der Waals surface area contributed by atoms with Crippen molar-refractivity contribution in [2.45, 2.75) is 6.92 Å². The summed E-state index contributed by atoms with van der Waals surface area (Å²) in [6, 6.07) is 23.0. The molecule has 30 heavy (non-hydrogen) atoms. The van der Waals surface area contributed by atoms with E-state index in [4.69, 9.17) is 11.6 Å². The van der Waals surface area contributed by atoms with Gasteiger partial charge in [-0.25, -0.2) is 5.43 Å². The van der Waals surface area contributed by atoms with Crippen molar-refractivity contribution in [3.8, 4) is 0 Å². The Hall–Kier alpha value is -3.70. The first-order valence-electron chi connectivity index (χ1n) is 9.26. The second-order valence-corrected chi connectivity index (χ2v) is 6.91. The lowest BCUT2D eigenvalue weighted by molar-refractivity contribution is 0.0954. The van der Waals surface area contributed by atoms with Gasteiger partial charge >= 0.3 is 0 Å². The fourth-order valence-corrected chi connectivity index (χ4v) is 2.66. The van der Waals surface area contributed by atoms with Gasteiger partial charge in [-0.1, -0.05) is 48.0 Å². The molecule has 0 aliphatic carbocycles. The summed E-state index contributed by atoms with van der Waals surface area (Å²) in [5.41, 5.74) is 5.75. The van der Waals surface area contributed by atoms with E-state index in [0.717, 1.165) is 5.56 Å². The molecule has 0 aliphatic rings. The Morgan fingerprint density at radius 3 is 2.10 bits per heavy atom. The monoisotopic (exact) mass is 417 g/mol. The van der Waals surface area contributed by atoms with Crippen LogP contribution in [0.3, 0.4) is 0 Å². The van der Waals surface area contributed by atoms with Crippen LogP contribution in [0.1, 0.15) is 33.2 Å². The molecule has 6 heteroatoms. The van der Waals surface area contributed by atoms with Gasteiger partial charge in [0.05, 0.1) is 5.71 Å². The number of carbonyl (C=O) groups excluding carboxylic acids is 2. The van der Waals surface area contributed by atoms with Crippen LogP contribution in [-0.4, -0.2) is 17.5 Å². The molecule has 0 unspecified atom stereocenters. The molecule has 2 amide bonds. The van der Waals surface area contributed by atoms with E-state index >= 15 is 0 Å².